The molecule has 0 spiro atoms. The van der Waals surface area contributed by atoms with Crippen molar-refractivity contribution in [2.75, 3.05) is 6.61 Å². The lowest BCUT2D eigenvalue weighted by Crippen LogP contribution is -2.01. The molecular formula is C17H27NO2. The minimum absolute atomic E-state index is 0.174. The van der Waals surface area contributed by atoms with Gasteiger partial charge in [0, 0.05) is 18.2 Å². The first-order valence-corrected chi connectivity index (χ1v) is 7.89. The number of rotatable bonds is 11. The number of carbonyl (C=O) groups is 1. The van der Waals surface area contributed by atoms with Gasteiger partial charge in [-0.1, -0.05) is 45.4 Å². The molecule has 0 aliphatic heterocycles. The molecule has 20 heavy (non-hydrogen) atoms. The Balaban J connectivity index is 2.23. The number of unbranched alkanes of at least 4 members (excludes halogenated alkanes) is 6. The Morgan fingerprint density at radius 2 is 1.75 bits per heavy atom. The van der Waals surface area contributed by atoms with Crippen LogP contribution in [-0.4, -0.2) is 17.4 Å². The first kappa shape index (κ1) is 16.7. The van der Waals surface area contributed by atoms with Crippen molar-refractivity contribution in [2.24, 2.45) is 0 Å². The second-order valence-electron chi connectivity index (χ2n) is 5.14. The van der Waals surface area contributed by atoms with Gasteiger partial charge in [0.2, 0.25) is 0 Å². The van der Waals surface area contributed by atoms with Crippen molar-refractivity contribution >= 4 is 5.78 Å². The molecule has 0 saturated heterocycles. The van der Waals surface area contributed by atoms with Gasteiger partial charge in [0.1, 0.15) is 5.75 Å². The summed E-state index contributed by atoms with van der Waals surface area (Å²) in [5, 5.41) is 0. The average molecular weight is 277 g/mol. The highest BCUT2D eigenvalue weighted by Crippen LogP contribution is 2.15. The summed E-state index contributed by atoms with van der Waals surface area (Å²) in [4.78, 5) is 16.1. The number of hydrogen-bond acceptors (Lipinski definition) is 3. The Labute approximate surface area is 122 Å². The van der Waals surface area contributed by atoms with E-state index in [1.165, 1.54) is 32.1 Å². The molecule has 0 aliphatic carbocycles. The summed E-state index contributed by atoms with van der Waals surface area (Å²) in [5.74, 6) is 0.852. The van der Waals surface area contributed by atoms with Gasteiger partial charge in [0.25, 0.3) is 0 Å². The molecule has 0 saturated carbocycles. The third kappa shape index (κ3) is 6.69. The highest BCUT2D eigenvalue weighted by molar-refractivity contribution is 5.96. The van der Waals surface area contributed by atoms with Crippen molar-refractivity contribution in [3.8, 4) is 5.75 Å². The quantitative estimate of drug-likeness (QED) is 0.430. The van der Waals surface area contributed by atoms with Crippen molar-refractivity contribution in [2.45, 2.75) is 65.2 Å². The van der Waals surface area contributed by atoms with E-state index in [0.717, 1.165) is 12.8 Å². The second kappa shape index (κ2) is 10.4. The van der Waals surface area contributed by atoms with E-state index in [1.54, 1.807) is 18.5 Å². The maximum absolute atomic E-state index is 12.0. The van der Waals surface area contributed by atoms with Crippen LogP contribution in [0.25, 0.3) is 0 Å². The predicted molar refractivity (Wildman–Crippen MR) is 82.3 cm³/mol. The van der Waals surface area contributed by atoms with Crippen LogP contribution in [0.4, 0.5) is 0 Å². The van der Waals surface area contributed by atoms with E-state index in [0.29, 0.717) is 24.3 Å². The van der Waals surface area contributed by atoms with E-state index in [2.05, 4.69) is 11.9 Å². The van der Waals surface area contributed by atoms with Gasteiger partial charge in [-0.05, 0) is 19.4 Å². The molecule has 3 heteroatoms. The molecule has 0 N–H and O–H groups in total. The molecule has 1 aromatic rings. The van der Waals surface area contributed by atoms with Crippen molar-refractivity contribution < 1.29 is 9.53 Å². The molecule has 0 aromatic carbocycles. The van der Waals surface area contributed by atoms with E-state index in [4.69, 9.17) is 4.74 Å². The molecule has 0 fully saturated rings. The predicted octanol–water partition coefficient (Wildman–Crippen LogP) is 4.80. The second-order valence-corrected chi connectivity index (χ2v) is 5.14. The van der Waals surface area contributed by atoms with E-state index in [1.807, 2.05) is 6.92 Å². The summed E-state index contributed by atoms with van der Waals surface area (Å²) >= 11 is 0. The Bertz CT molecular complexity index is 390. The van der Waals surface area contributed by atoms with Gasteiger partial charge in [0.05, 0.1) is 12.8 Å². The van der Waals surface area contributed by atoms with Crippen LogP contribution in [-0.2, 0) is 0 Å². The minimum Gasteiger partial charge on any atom is -0.492 e. The fourth-order valence-electron chi connectivity index (χ4n) is 2.20. The van der Waals surface area contributed by atoms with Crippen LogP contribution in [0.2, 0.25) is 0 Å². The maximum Gasteiger partial charge on any atom is 0.164 e. The number of ketones is 1. The molecule has 0 amide bonds. The van der Waals surface area contributed by atoms with E-state index in [9.17, 15) is 4.79 Å². The van der Waals surface area contributed by atoms with Crippen molar-refractivity contribution in [3.05, 3.63) is 24.0 Å². The highest BCUT2D eigenvalue weighted by atomic mass is 16.5. The number of ether oxygens (including phenoxy) is 1. The Hall–Kier alpha value is -1.38. The molecule has 0 unspecified atom stereocenters. The molecule has 1 aromatic heterocycles. The molecule has 3 nitrogen and oxygen atoms in total. The van der Waals surface area contributed by atoms with Gasteiger partial charge in [0.15, 0.2) is 5.78 Å². The summed E-state index contributed by atoms with van der Waals surface area (Å²) in [6.45, 7) is 4.74. The summed E-state index contributed by atoms with van der Waals surface area (Å²) in [7, 11) is 0. The lowest BCUT2D eigenvalue weighted by atomic mass is 10.0. The smallest absolute Gasteiger partial charge is 0.164 e. The highest BCUT2D eigenvalue weighted by Gasteiger charge is 2.07. The molecule has 1 heterocycles. The normalized spacial score (nSPS) is 10.5. The van der Waals surface area contributed by atoms with Gasteiger partial charge in [-0.25, -0.2) is 0 Å². The van der Waals surface area contributed by atoms with E-state index in [-0.39, 0.29) is 5.78 Å². The number of nitrogens with zero attached hydrogens (tertiary/aromatic N) is 1. The fourth-order valence-corrected chi connectivity index (χ4v) is 2.20. The largest absolute Gasteiger partial charge is 0.492 e. The van der Waals surface area contributed by atoms with Crippen LogP contribution < -0.4 is 4.74 Å². The van der Waals surface area contributed by atoms with Crippen LogP contribution in [0, 0.1) is 0 Å². The topological polar surface area (TPSA) is 39.2 Å². The van der Waals surface area contributed by atoms with Crippen LogP contribution in [0.1, 0.15) is 75.6 Å². The molecular weight excluding hydrogens is 250 g/mol. The number of Topliss-reactive ketones (excluding diaryl/α,β-unsaturated/α-hetero) is 1. The maximum atomic E-state index is 12.0. The zero-order valence-electron chi connectivity index (χ0n) is 12.9. The van der Waals surface area contributed by atoms with Gasteiger partial charge in [-0.15, -0.1) is 0 Å². The van der Waals surface area contributed by atoms with E-state index >= 15 is 0 Å². The number of aromatic nitrogens is 1. The van der Waals surface area contributed by atoms with Crippen LogP contribution in [0.15, 0.2) is 18.5 Å². The minimum atomic E-state index is 0.174. The third-order valence-corrected chi connectivity index (χ3v) is 3.35. The van der Waals surface area contributed by atoms with Crippen LogP contribution in [0.5, 0.6) is 5.75 Å². The van der Waals surface area contributed by atoms with Gasteiger partial charge in [-0.2, -0.15) is 0 Å². The molecule has 0 bridgehead atoms. The summed E-state index contributed by atoms with van der Waals surface area (Å²) in [6.07, 6.45) is 12.5. The standard InChI is InChI=1S/C17H27NO2/c1-3-5-6-7-8-9-10-11-17(19)15-12-16(20-4-2)14-18-13-15/h12-14H,3-11H2,1-2H3. The average Bonchev–Trinajstić information content (AvgIpc) is 2.47. The van der Waals surface area contributed by atoms with Crippen molar-refractivity contribution in [1.29, 1.82) is 0 Å². The molecule has 0 atom stereocenters. The lowest BCUT2D eigenvalue weighted by Gasteiger charge is -2.05. The van der Waals surface area contributed by atoms with E-state index < -0.39 is 0 Å². The fraction of sp³-hybridized carbons (Fsp3) is 0.647. The van der Waals surface area contributed by atoms with Crippen molar-refractivity contribution in [1.82, 2.24) is 4.98 Å². The summed E-state index contributed by atoms with van der Waals surface area (Å²) in [5.41, 5.74) is 0.668. The van der Waals surface area contributed by atoms with Gasteiger partial charge >= 0.3 is 0 Å². The molecule has 0 radical (unpaired) electrons. The Morgan fingerprint density at radius 3 is 2.45 bits per heavy atom. The van der Waals surface area contributed by atoms with Gasteiger partial charge < -0.3 is 4.74 Å². The molecule has 112 valence electrons. The van der Waals surface area contributed by atoms with Crippen LogP contribution >= 0.6 is 0 Å². The number of hydrogen-bond donors (Lipinski definition) is 0. The SMILES string of the molecule is CCCCCCCCCC(=O)c1cncc(OCC)c1. The van der Waals surface area contributed by atoms with Gasteiger partial charge in [-0.3, -0.25) is 9.78 Å². The first-order chi connectivity index (χ1) is 9.77. The van der Waals surface area contributed by atoms with Crippen LogP contribution in [0.3, 0.4) is 0 Å². The third-order valence-electron chi connectivity index (χ3n) is 3.35. The van der Waals surface area contributed by atoms with Crippen molar-refractivity contribution in [3.63, 3.8) is 0 Å². The lowest BCUT2D eigenvalue weighted by molar-refractivity contribution is 0.0978. The molecule has 1 rings (SSSR count). The summed E-state index contributed by atoms with van der Waals surface area (Å²) < 4.78 is 5.36. The molecule has 0 aliphatic rings. The Kier molecular flexibility index (Phi) is 8.68. The Morgan fingerprint density at radius 1 is 1.05 bits per heavy atom. The number of pyridine rings is 1. The summed E-state index contributed by atoms with van der Waals surface area (Å²) in [6, 6.07) is 1.79. The monoisotopic (exact) mass is 277 g/mol. The zero-order valence-corrected chi connectivity index (χ0v) is 12.9. The first-order valence-electron chi connectivity index (χ1n) is 7.89. The zero-order chi connectivity index (χ0) is 14.6. The number of carbonyl (C=O) groups excluding carboxylic acids is 1.